The average molecular weight is 391 g/mol. The number of benzene rings is 1. The second-order valence-electron chi connectivity index (χ2n) is 7.71. The lowest BCUT2D eigenvalue weighted by Gasteiger charge is -2.36. The van der Waals surface area contributed by atoms with Crippen LogP contribution in [0.4, 0.5) is 10.3 Å². The van der Waals surface area contributed by atoms with Crippen molar-refractivity contribution in [3.8, 4) is 11.1 Å². The summed E-state index contributed by atoms with van der Waals surface area (Å²) in [6.45, 7) is 1.78. The third-order valence-electron chi connectivity index (χ3n) is 5.43. The fourth-order valence-electron chi connectivity index (χ4n) is 3.92. The number of anilines is 1. The number of hydrogen-bond acceptors (Lipinski definition) is 5. The van der Waals surface area contributed by atoms with E-state index in [4.69, 9.17) is 4.98 Å². The third-order valence-corrected chi connectivity index (χ3v) is 5.43. The fourth-order valence-corrected chi connectivity index (χ4v) is 3.92. The molecule has 1 aromatic carbocycles. The molecule has 1 fully saturated rings. The van der Waals surface area contributed by atoms with Crippen molar-refractivity contribution in [1.29, 1.82) is 0 Å². The highest BCUT2D eigenvalue weighted by Gasteiger charge is 2.28. The highest BCUT2D eigenvalue weighted by Crippen LogP contribution is 2.37. The van der Waals surface area contributed by atoms with Crippen molar-refractivity contribution in [2.75, 3.05) is 25.5 Å². The highest BCUT2D eigenvalue weighted by atomic mass is 19.1. The first kappa shape index (κ1) is 19.5. The fraction of sp³-hybridized carbons (Fsp3) is 0.348. The number of rotatable bonds is 5. The van der Waals surface area contributed by atoms with Gasteiger partial charge in [-0.05, 0) is 54.8 Å². The summed E-state index contributed by atoms with van der Waals surface area (Å²) in [6, 6.07) is 11.0. The summed E-state index contributed by atoms with van der Waals surface area (Å²) in [5.74, 6) is 0.514. The van der Waals surface area contributed by atoms with E-state index in [1.807, 2.05) is 49.5 Å². The number of hydrogen-bond donors (Lipinski definition) is 0. The monoisotopic (exact) mass is 391 g/mol. The van der Waals surface area contributed by atoms with Crippen molar-refractivity contribution in [3.05, 3.63) is 72.1 Å². The lowest BCUT2D eigenvalue weighted by atomic mass is 9.93. The van der Waals surface area contributed by atoms with E-state index in [1.165, 1.54) is 18.6 Å². The normalized spacial score (nSPS) is 17.3. The van der Waals surface area contributed by atoms with Gasteiger partial charge in [-0.2, -0.15) is 0 Å². The molecule has 0 aliphatic carbocycles. The molecule has 0 radical (unpaired) electrons. The molecule has 1 aliphatic rings. The van der Waals surface area contributed by atoms with Crippen LogP contribution in [-0.2, 0) is 6.54 Å². The zero-order chi connectivity index (χ0) is 20.2. The van der Waals surface area contributed by atoms with Gasteiger partial charge in [-0.25, -0.2) is 14.4 Å². The summed E-state index contributed by atoms with van der Waals surface area (Å²) in [5.41, 5.74) is 4.30. The van der Waals surface area contributed by atoms with Crippen molar-refractivity contribution >= 4 is 5.95 Å². The summed E-state index contributed by atoms with van der Waals surface area (Å²) < 4.78 is 13.3. The molecular weight excluding hydrogens is 365 g/mol. The van der Waals surface area contributed by atoms with E-state index in [9.17, 15) is 4.39 Å². The van der Waals surface area contributed by atoms with Gasteiger partial charge < -0.3 is 4.90 Å². The molecular formula is C23H26FN5. The quantitative estimate of drug-likeness (QED) is 0.642. The lowest BCUT2D eigenvalue weighted by molar-refractivity contribution is 0.137. The smallest absolute Gasteiger partial charge is 0.225 e. The van der Waals surface area contributed by atoms with E-state index in [2.05, 4.69) is 14.9 Å². The van der Waals surface area contributed by atoms with Gasteiger partial charge in [-0.1, -0.05) is 18.6 Å². The van der Waals surface area contributed by atoms with Crippen LogP contribution in [0.5, 0.6) is 0 Å². The molecule has 2 aromatic heterocycles. The van der Waals surface area contributed by atoms with Crippen LogP contribution >= 0.6 is 0 Å². The molecule has 3 aromatic rings. The Morgan fingerprint density at radius 2 is 1.83 bits per heavy atom. The first-order valence-corrected chi connectivity index (χ1v) is 10.0. The molecule has 0 unspecified atom stereocenters. The molecule has 0 amide bonds. The third kappa shape index (κ3) is 4.43. The molecule has 4 rings (SSSR count). The van der Waals surface area contributed by atoms with Gasteiger partial charge in [0.25, 0.3) is 0 Å². The maximum atomic E-state index is 13.3. The Morgan fingerprint density at radius 3 is 2.55 bits per heavy atom. The van der Waals surface area contributed by atoms with E-state index in [0.717, 1.165) is 48.3 Å². The Bertz CT molecular complexity index is 943. The zero-order valence-corrected chi connectivity index (χ0v) is 16.9. The minimum Gasteiger partial charge on any atom is -0.347 e. The zero-order valence-electron chi connectivity index (χ0n) is 16.9. The minimum absolute atomic E-state index is 0.193. The molecule has 1 saturated heterocycles. The Kier molecular flexibility index (Phi) is 5.81. The first-order chi connectivity index (χ1) is 14.1. The van der Waals surface area contributed by atoms with Crippen molar-refractivity contribution in [1.82, 2.24) is 19.9 Å². The molecule has 5 nitrogen and oxygen atoms in total. The van der Waals surface area contributed by atoms with Crippen LogP contribution in [0.2, 0.25) is 0 Å². The Hall–Kier alpha value is -2.86. The van der Waals surface area contributed by atoms with Gasteiger partial charge in [0.05, 0.1) is 11.7 Å². The van der Waals surface area contributed by atoms with Crippen molar-refractivity contribution in [2.24, 2.45) is 0 Å². The largest absolute Gasteiger partial charge is 0.347 e. The van der Waals surface area contributed by atoms with E-state index in [0.29, 0.717) is 5.95 Å². The Balaban J connectivity index is 1.73. The average Bonchev–Trinajstić information content (AvgIpc) is 2.76. The number of piperidine rings is 1. The van der Waals surface area contributed by atoms with Gasteiger partial charge >= 0.3 is 0 Å². The van der Waals surface area contributed by atoms with Crippen molar-refractivity contribution in [3.63, 3.8) is 0 Å². The Morgan fingerprint density at radius 1 is 1.07 bits per heavy atom. The van der Waals surface area contributed by atoms with Crippen molar-refractivity contribution in [2.45, 2.75) is 31.8 Å². The molecule has 3 heterocycles. The summed E-state index contributed by atoms with van der Waals surface area (Å²) in [4.78, 5) is 18.1. The topological polar surface area (TPSA) is 45.2 Å². The van der Waals surface area contributed by atoms with Crippen molar-refractivity contribution < 1.29 is 4.39 Å². The summed E-state index contributed by atoms with van der Waals surface area (Å²) in [5, 5.41) is 0. The van der Waals surface area contributed by atoms with Gasteiger partial charge in [0.15, 0.2) is 0 Å². The van der Waals surface area contributed by atoms with Crippen LogP contribution in [0.1, 0.15) is 36.6 Å². The van der Waals surface area contributed by atoms with Gasteiger partial charge in [0.2, 0.25) is 5.95 Å². The maximum Gasteiger partial charge on any atom is 0.225 e. The molecule has 29 heavy (non-hydrogen) atoms. The standard InChI is InChI=1S/C23H26FN5/c1-28(2)23-26-15-20(18-10-12-25-13-11-18)22(27-23)21-5-3-4-14-29(21)16-17-6-8-19(24)9-7-17/h6-13,15,21H,3-5,14,16H2,1-2H3/t21-/m0/s1. The van der Waals surface area contributed by atoms with Crippen LogP contribution < -0.4 is 4.90 Å². The van der Waals surface area contributed by atoms with Crippen LogP contribution in [0, 0.1) is 5.82 Å². The predicted molar refractivity (Wildman–Crippen MR) is 113 cm³/mol. The number of aromatic nitrogens is 3. The summed E-state index contributed by atoms with van der Waals surface area (Å²) in [6.07, 6.45) is 8.91. The summed E-state index contributed by atoms with van der Waals surface area (Å²) >= 11 is 0. The molecule has 0 saturated carbocycles. The molecule has 1 aliphatic heterocycles. The molecule has 1 atom stereocenters. The molecule has 0 bridgehead atoms. The predicted octanol–water partition coefficient (Wildman–Crippen LogP) is 4.47. The number of likely N-dealkylation sites (tertiary alicyclic amines) is 1. The van der Waals surface area contributed by atoms with Gasteiger partial charge in [-0.15, -0.1) is 0 Å². The molecule has 0 N–H and O–H groups in total. The van der Waals surface area contributed by atoms with Crippen LogP contribution in [0.25, 0.3) is 11.1 Å². The van der Waals surface area contributed by atoms with Crippen LogP contribution in [0.3, 0.4) is 0 Å². The second kappa shape index (κ2) is 8.66. The maximum absolute atomic E-state index is 13.3. The highest BCUT2D eigenvalue weighted by molar-refractivity contribution is 5.66. The summed E-state index contributed by atoms with van der Waals surface area (Å²) in [7, 11) is 3.92. The SMILES string of the molecule is CN(C)c1ncc(-c2ccncc2)c([C@@H]2CCCCN2Cc2ccc(F)cc2)n1. The number of pyridine rings is 1. The van der Waals surface area contributed by atoms with Crippen LogP contribution in [0.15, 0.2) is 55.0 Å². The first-order valence-electron chi connectivity index (χ1n) is 10.0. The lowest BCUT2D eigenvalue weighted by Crippen LogP contribution is -2.34. The molecule has 6 heteroatoms. The van der Waals surface area contributed by atoms with E-state index in [1.54, 1.807) is 12.4 Å². The van der Waals surface area contributed by atoms with Crippen LogP contribution in [-0.4, -0.2) is 40.5 Å². The van der Waals surface area contributed by atoms with Gasteiger partial charge in [0.1, 0.15) is 5.82 Å². The Labute approximate surface area is 171 Å². The van der Waals surface area contributed by atoms with E-state index >= 15 is 0 Å². The number of halogens is 1. The van der Waals surface area contributed by atoms with E-state index < -0.39 is 0 Å². The van der Waals surface area contributed by atoms with Gasteiger partial charge in [-0.3, -0.25) is 9.88 Å². The van der Waals surface area contributed by atoms with E-state index in [-0.39, 0.29) is 11.9 Å². The second-order valence-corrected chi connectivity index (χ2v) is 7.71. The number of nitrogens with zero attached hydrogens (tertiary/aromatic N) is 5. The minimum atomic E-state index is -0.199. The molecule has 150 valence electrons. The van der Waals surface area contributed by atoms with Gasteiger partial charge in [0, 0.05) is 44.8 Å². The molecule has 0 spiro atoms.